The minimum Gasteiger partial charge on any atom is -0.497 e. The van der Waals surface area contributed by atoms with Gasteiger partial charge < -0.3 is 20.1 Å². The van der Waals surface area contributed by atoms with E-state index in [0.29, 0.717) is 11.3 Å². The van der Waals surface area contributed by atoms with E-state index < -0.39 is 5.97 Å². The molecule has 0 aromatic heterocycles. The molecule has 0 fully saturated rings. The summed E-state index contributed by atoms with van der Waals surface area (Å²) in [7, 11) is 4.84. The van der Waals surface area contributed by atoms with Gasteiger partial charge in [-0.15, -0.1) is 0 Å². The van der Waals surface area contributed by atoms with Crippen molar-refractivity contribution in [2.45, 2.75) is 0 Å². The van der Waals surface area contributed by atoms with Crippen LogP contribution < -0.4 is 15.4 Å². The van der Waals surface area contributed by atoms with Crippen molar-refractivity contribution in [2.24, 2.45) is 0 Å². The van der Waals surface area contributed by atoms with Crippen molar-refractivity contribution in [1.82, 2.24) is 0 Å². The molecule has 0 aliphatic carbocycles. The topological polar surface area (TPSA) is 64.8 Å². The van der Waals surface area contributed by atoms with E-state index >= 15 is 0 Å². The molecule has 0 radical (unpaired) electrons. The molecule has 5 nitrogen and oxygen atoms in total. The van der Waals surface area contributed by atoms with Crippen LogP contribution in [0.25, 0.3) is 0 Å². The highest BCUT2D eigenvalue weighted by Crippen LogP contribution is 2.31. The SMILES string of the molecule is COC(=O)c1ccc(N)c(N(C)c2cccc(OC)c2)c1. The maximum absolute atomic E-state index is 11.6. The highest BCUT2D eigenvalue weighted by Gasteiger charge is 2.13. The van der Waals surface area contributed by atoms with E-state index in [0.717, 1.165) is 17.1 Å². The van der Waals surface area contributed by atoms with Gasteiger partial charge in [0.05, 0.1) is 31.2 Å². The van der Waals surface area contributed by atoms with Crippen molar-refractivity contribution in [1.29, 1.82) is 0 Å². The van der Waals surface area contributed by atoms with Gasteiger partial charge >= 0.3 is 5.97 Å². The minimum atomic E-state index is -0.393. The Bertz CT molecular complexity index is 656. The molecule has 2 aromatic carbocycles. The lowest BCUT2D eigenvalue weighted by Crippen LogP contribution is -2.13. The second-order valence-electron chi connectivity index (χ2n) is 4.53. The average Bonchev–Trinajstić information content (AvgIpc) is 2.54. The van der Waals surface area contributed by atoms with Crippen LogP contribution >= 0.6 is 0 Å². The Labute approximate surface area is 123 Å². The molecule has 21 heavy (non-hydrogen) atoms. The zero-order valence-corrected chi connectivity index (χ0v) is 12.3. The van der Waals surface area contributed by atoms with E-state index in [1.807, 2.05) is 36.2 Å². The summed E-state index contributed by atoms with van der Waals surface area (Å²) >= 11 is 0. The molecule has 0 aliphatic rings. The second kappa shape index (κ2) is 6.17. The summed E-state index contributed by atoms with van der Waals surface area (Å²) in [5.74, 6) is 0.359. The van der Waals surface area contributed by atoms with Crippen LogP contribution in [0, 0.1) is 0 Å². The summed E-state index contributed by atoms with van der Waals surface area (Å²) in [6, 6.07) is 12.6. The largest absolute Gasteiger partial charge is 0.497 e. The zero-order valence-electron chi connectivity index (χ0n) is 12.3. The fourth-order valence-electron chi connectivity index (χ4n) is 2.04. The number of ether oxygens (including phenoxy) is 2. The van der Waals surface area contributed by atoms with Gasteiger partial charge in [-0.2, -0.15) is 0 Å². The minimum absolute atomic E-state index is 0.393. The van der Waals surface area contributed by atoms with E-state index in [1.165, 1.54) is 7.11 Å². The fourth-order valence-corrected chi connectivity index (χ4v) is 2.04. The van der Waals surface area contributed by atoms with Crippen LogP contribution in [0.1, 0.15) is 10.4 Å². The van der Waals surface area contributed by atoms with Gasteiger partial charge in [0.25, 0.3) is 0 Å². The zero-order chi connectivity index (χ0) is 15.4. The smallest absolute Gasteiger partial charge is 0.337 e. The second-order valence-corrected chi connectivity index (χ2v) is 4.53. The number of nitrogens with zero attached hydrogens (tertiary/aromatic N) is 1. The third-order valence-corrected chi connectivity index (χ3v) is 3.25. The van der Waals surface area contributed by atoms with Crippen LogP contribution in [-0.4, -0.2) is 27.2 Å². The molecule has 2 N–H and O–H groups in total. The van der Waals surface area contributed by atoms with Gasteiger partial charge in [-0.05, 0) is 30.3 Å². The van der Waals surface area contributed by atoms with E-state index in [1.54, 1.807) is 25.3 Å². The number of anilines is 3. The molecule has 5 heteroatoms. The van der Waals surface area contributed by atoms with Gasteiger partial charge in [-0.1, -0.05) is 6.07 Å². The lowest BCUT2D eigenvalue weighted by Gasteiger charge is -2.22. The Hall–Kier alpha value is -2.69. The summed E-state index contributed by atoms with van der Waals surface area (Å²) in [6.07, 6.45) is 0. The van der Waals surface area contributed by atoms with Gasteiger partial charge in [-0.25, -0.2) is 4.79 Å². The van der Waals surface area contributed by atoms with Crippen LogP contribution in [0.15, 0.2) is 42.5 Å². The van der Waals surface area contributed by atoms with Gasteiger partial charge in [0, 0.05) is 18.8 Å². The Kier molecular flexibility index (Phi) is 4.33. The maximum Gasteiger partial charge on any atom is 0.337 e. The fraction of sp³-hybridized carbons (Fsp3) is 0.188. The van der Waals surface area contributed by atoms with Gasteiger partial charge in [-0.3, -0.25) is 0 Å². The number of hydrogen-bond donors (Lipinski definition) is 1. The third kappa shape index (κ3) is 3.08. The van der Waals surface area contributed by atoms with Gasteiger partial charge in [0.2, 0.25) is 0 Å². The molecule has 0 unspecified atom stereocenters. The van der Waals surface area contributed by atoms with Gasteiger partial charge in [0.15, 0.2) is 0 Å². The number of carbonyl (C=O) groups is 1. The maximum atomic E-state index is 11.6. The number of benzene rings is 2. The van der Waals surface area contributed by atoms with Crippen LogP contribution in [-0.2, 0) is 4.74 Å². The first kappa shape index (κ1) is 14.7. The first-order valence-corrected chi connectivity index (χ1v) is 6.42. The molecule has 0 amide bonds. The first-order valence-electron chi connectivity index (χ1n) is 6.42. The highest BCUT2D eigenvalue weighted by atomic mass is 16.5. The van der Waals surface area contributed by atoms with Crippen LogP contribution in [0.4, 0.5) is 17.1 Å². The number of methoxy groups -OCH3 is 2. The summed E-state index contributed by atoms with van der Waals surface area (Å²) in [4.78, 5) is 13.5. The quantitative estimate of drug-likeness (QED) is 0.691. The van der Waals surface area contributed by atoms with Crippen molar-refractivity contribution in [3.05, 3.63) is 48.0 Å². The third-order valence-electron chi connectivity index (χ3n) is 3.25. The Morgan fingerprint density at radius 2 is 1.90 bits per heavy atom. The van der Waals surface area contributed by atoms with Crippen molar-refractivity contribution >= 4 is 23.0 Å². The molecule has 2 rings (SSSR count). The molecule has 0 saturated carbocycles. The van der Waals surface area contributed by atoms with Crippen LogP contribution in [0.2, 0.25) is 0 Å². The van der Waals surface area contributed by atoms with Crippen molar-refractivity contribution in [2.75, 3.05) is 31.9 Å². The molecule has 0 aliphatic heterocycles. The molecule has 0 bridgehead atoms. The van der Waals surface area contributed by atoms with Crippen LogP contribution in [0.3, 0.4) is 0 Å². The molecule has 0 atom stereocenters. The molecular formula is C16H18N2O3. The molecule has 110 valence electrons. The standard InChI is InChI=1S/C16H18N2O3/c1-18(12-5-4-6-13(10-12)20-2)15-9-11(16(19)21-3)7-8-14(15)17/h4-10H,17H2,1-3H3. The lowest BCUT2D eigenvalue weighted by atomic mass is 10.1. The Balaban J connectivity index is 2.41. The van der Waals surface area contributed by atoms with Crippen molar-refractivity contribution < 1.29 is 14.3 Å². The number of nitrogens with two attached hydrogens (primary N) is 1. The van der Waals surface area contributed by atoms with Crippen molar-refractivity contribution in [3.63, 3.8) is 0 Å². The number of hydrogen-bond acceptors (Lipinski definition) is 5. The number of rotatable bonds is 4. The van der Waals surface area contributed by atoms with Crippen molar-refractivity contribution in [3.8, 4) is 5.75 Å². The van der Waals surface area contributed by atoms with Crippen LogP contribution in [0.5, 0.6) is 5.75 Å². The summed E-state index contributed by atoms with van der Waals surface area (Å²) < 4.78 is 9.95. The number of esters is 1. The molecule has 0 saturated heterocycles. The molecule has 0 heterocycles. The lowest BCUT2D eigenvalue weighted by molar-refractivity contribution is 0.0601. The Morgan fingerprint density at radius 1 is 1.14 bits per heavy atom. The Morgan fingerprint density at radius 3 is 2.57 bits per heavy atom. The van der Waals surface area contributed by atoms with E-state index in [-0.39, 0.29) is 0 Å². The summed E-state index contributed by atoms with van der Waals surface area (Å²) in [5.41, 5.74) is 8.68. The monoisotopic (exact) mass is 286 g/mol. The molecular weight excluding hydrogens is 268 g/mol. The first-order chi connectivity index (χ1) is 10.1. The normalized spacial score (nSPS) is 10.0. The average molecular weight is 286 g/mol. The summed E-state index contributed by atoms with van der Waals surface area (Å²) in [5, 5.41) is 0. The summed E-state index contributed by atoms with van der Waals surface area (Å²) in [6.45, 7) is 0. The highest BCUT2D eigenvalue weighted by molar-refractivity contribution is 5.92. The predicted molar refractivity (Wildman–Crippen MR) is 83.3 cm³/mol. The predicted octanol–water partition coefficient (Wildman–Crippen LogP) is 2.83. The van der Waals surface area contributed by atoms with E-state index in [4.69, 9.17) is 15.2 Å². The van der Waals surface area contributed by atoms with Gasteiger partial charge in [0.1, 0.15) is 5.75 Å². The van der Waals surface area contributed by atoms with E-state index in [2.05, 4.69) is 0 Å². The molecule has 2 aromatic rings. The number of carbonyl (C=O) groups excluding carboxylic acids is 1. The number of nitrogen functional groups attached to an aromatic ring is 1. The van der Waals surface area contributed by atoms with E-state index in [9.17, 15) is 4.79 Å². The molecule has 0 spiro atoms.